The van der Waals surface area contributed by atoms with Crippen molar-refractivity contribution in [3.63, 3.8) is 0 Å². The van der Waals surface area contributed by atoms with Crippen molar-refractivity contribution in [2.75, 3.05) is 0 Å². The van der Waals surface area contributed by atoms with Crippen molar-refractivity contribution < 1.29 is 5.11 Å². The van der Waals surface area contributed by atoms with Gasteiger partial charge in [0.05, 0.1) is 6.10 Å². The second-order valence-corrected chi connectivity index (χ2v) is 5.05. The molecule has 1 aromatic carbocycles. The Kier molecular flexibility index (Phi) is 3.92. The molecule has 1 atom stereocenters. The van der Waals surface area contributed by atoms with Crippen LogP contribution in [0.1, 0.15) is 38.3 Å². The minimum Gasteiger partial charge on any atom is -0.392 e. The summed E-state index contributed by atoms with van der Waals surface area (Å²) in [4.78, 5) is 0. The zero-order valence-electron chi connectivity index (χ0n) is 10.2. The first-order chi connectivity index (χ1) is 6.95. The van der Waals surface area contributed by atoms with Crippen molar-refractivity contribution in [1.82, 2.24) is 0 Å². The number of aliphatic hydroxyl groups is 1. The van der Waals surface area contributed by atoms with Crippen LogP contribution in [0.5, 0.6) is 0 Å². The fourth-order valence-corrected chi connectivity index (χ4v) is 1.57. The quantitative estimate of drug-likeness (QED) is 0.801. The lowest BCUT2D eigenvalue weighted by Gasteiger charge is -2.29. The molecule has 1 unspecified atom stereocenters. The lowest BCUT2D eigenvalue weighted by atomic mass is 9.81. The van der Waals surface area contributed by atoms with Crippen LogP contribution in [-0.2, 0) is 6.42 Å². The minimum atomic E-state index is -0.260. The minimum absolute atomic E-state index is 0.00372. The highest BCUT2D eigenvalue weighted by molar-refractivity contribution is 5.23. The van der Waals surface area contributed by atoms with Crippen LogP contribution < -0.4 is 0 Å². The molecule has 0 heterocycles. The van der Waals surface area contributed by atoms with Gasteiger partial charge < -0.3 is 5.11 Å². The summed E-state index contributed by atoms with van der Waals surface area (Å²) >= 11 is 0. The molecule has 0 saturated heterocycles. The van der Waals surface area contributed by atoms with E-state index in [-0.39, 0.29) is 11.5 Å². The highest BCUT2D eigenvalue weighted by Gasteiger charge is 2.25. The summed E-state index contributed by atoms with van der Waals surface area (Å²) in [5, 5.41) is 10.1. The molecule has 1 aromatic rings. The molecular formula is C14H22O. The molecule has 1 heteroatoms. The summed E-state index contributed by atoms with van der Waals surface area (Å²) in [5.74, 6) is 0. The fourth-order valence-electron chi connectivity index (χ4n) is 1.57. The standard InChI is InChI=1S/C14H22O/c1-5-14(3,4)13(15)10-12-8-6-7-11(2)9-12/h6-9,13,15H,5,10H2,1-4H3. The average Bonchev–Trinajstić information content (AvgIpc) is 2.17. The Bertz CT molecular complexity index is 315. The number of aryl methyl sites for hydroxylation is 1. The molecule has 0 fully saturated rings. The Hall–Kier alpha value is -0.820. The van der Waals surface area contributed by atoms with Gasteiger partial charge in [0.2, 0.25) is 0 Å². The largest absolute Gasteiger partial charge is 0.392 e. The van der Waals surface area contributed by atoms with Crippen LogP contribution in [0.15, 0.2) is 24.3 Å². The van der Waals surface area contributed by atoms with E-state index in [1.807, 2.05) is 0 Å². The Morgan fingerprint density at radius 1 is 1.33 bits per heavy atom. The summed E-state index contributed by atoms with van der Waals surface area (Å²) in [7, 11) is 0. The van der Waals surface area contributed by atoms with Crippen LogP contribution in [0, 0.1) is 12.3 Å². The number of aliphatic hydroxyl groups excluding tert-OH is 1. The summed E-state index contributed by atoms with van der Waals surface area (Å²) in [6.45, 7) is 8.45. The topological polar surface area (TPSA) is 20.2 Å². The zero-order chi connectivity index (χ0) is 11.5. The first kappa shape index (κ1) is 12.3. The molecule has 0 bridgehead atoms. The van der Waals surface area contributed by atoms with Crippen molar-refractivity contribution >= 4 is 0 Å². The van der Waals surface area contributed by atoms with Gasteiger partial charge in [-0.2, -0.15) is 0 Å². The molecule has 0 radical (unpaired) electrons. The van der Waals surface area contributed by atoms with E-state index in [4.69, 9.17) is 0 Å². The third-order valence-electron chi connectivity index (χ3n) is 3.32. The average molecular weight is 206 g/mol. The van der Waals surface area contributed by atoms with Gasteiger partial charge in [-0.05, 0) is 30.7 Å². The van der Waals surface area contributed by atoms with Gasteiger partial charge >= 0.3 is 0 Å². The molecule has 0 aromatic heterocycles. The first-order valence-electron chi connectivity index (χ1n) is 5.69. The number of rotatable bonds is 4. The van der Waals surface area contributed by atoms with Crippen LogP contribution in [-0.4, -0.2) is 11.2 Å². The van der Waals surface area contributed by atoms with E-state index in [0.717, 1.165) is 12.8 Å². The second kappa shape index (κ2) is 4.80. The van der Waals surface area contributed by atoms with E-state index in [1.165, 1.54) is 11.1 Å². The van der Waals surface area contributed by atoms with E-state index < -0.39 is 0 Å². The molecule has 0 amide bonds. The Morgan fingerprint density at radius 3 is 2.53 bits per heavy atom. The predicted octanol–water partition coefficient (Wildman–Crippen LogP) is 3.33. The van der Waals surface area contributed by atoms with E-state index in [9.17, 15) is 5.11 Å². The van der Waals surface area contributed by atoms with Crippen molar-refractivity contribution in [3.05, 3.63) is 35.4 Å². The highest BCUT2D eigenvalue weighted by atomic mass is 16.3. The van der Waals surface area contributed by atoms with Gasteiger partial charge in [-0.3, -0.25) is 0 Å². The van der Waals surface area contributed by atoms with Gasteiger partial charge in [0, 0.05) is 0 Å². The van der Waals surface area contributed by atoms with E-state index in [0.29, 0.717) is 0 Å². The van der Waals surface area contributed by atoms with Gasteiger partial charge in [0.15, 0.2) is 0 Å². The van der Waals surface area contributed by atoms with Crippen LogP contribution in [0.4, 0.5) is 0 Å². The van der Waals surface area contributed by atoms with Crippen molar-refractivity contribution in [2.45, 2.75) is 46.6 Å². The third kappa shape index (κ3) is 3.35. The summed E-state index contributed by atoms with van der Waals surface area (Å²) in [5.41, 5.74) is 2.49. The van der Waals surface area contributed by atoms with Gasteiger partial charge in [-0.25, -0.2) is 0 Å². The van der Waals surface area contributed by atoms with Crippen LogP contribution in [0.3, 0.4) is 0 Å². The van der Waals surface area contributed by atoms with E-state index in [1.54, 1.807) is 0 Å². The zero-order valence-corrected chi connectivity index (χ0v) is 10.2. The number of hydrogen-bond acceptors (Lipinski definition) is 1. The van der Waals surface area contributed by atoms with E-state index in [2.05, 4.69) is 52.0 Å². The molecule has 1 nitrogen and oxygen atoms in total. The normalized spacial score (nSPS) is 13.9. The maximum Gasteiger partial charge on any atom is 0.0631 e. The summed E-state index contributed by atoms with van der Waals surface area (Å²) < 4.78 is 0. The van der Waals surface area contributed by atoms with Crippen molar-refractivity contribution in [3.8, 4) is 0 Å². The predicted molar refractivity (Wildman–Crippen MR) is 65.0 cm³/mol. The van der Waals surface area contributed by atoms with Crippen LogP contribution >= 0.6 is 0 Å². The molecule has 0 aliphatic rings. The number of benzene rings is 1. The Balaban J connectivity index is 2.70. The van der Waals surface area contributed by atoms with Gasteiger partial charge in [0.25, 0.3) is 0 Å². The summed E-state index contributed by atoms with van der Waals surface area (Å²) in [6.07, 6.45) is 1.49. The maximum atomic E-state index is 10.1. The van der Waals surface area contributed by atoms with Gasteiger partial charge in [-0.1, -0.05) is 50.6 Å². The lowest BCUT2D eigenvalue weighted by Crippen LogP contribution is -2.30. The monoisotopic (exact) mass is 206 g/mol. The van der Waals surface area contributed by atoms with Gasteiger partial charge in [0.1, 0.15) is 0 Å². The molecule has 0 aliphatic carbocycles. The van der Waals surface area contributed by atoms with Crippen LogP contribution in [0.2, 0.25) is 0 Å². The molecule has 1 N–H and O–H groups in total. The smallest absolute Gasteiger partial charge is 0.0631 e. The molecule has 15 heavy (non-hydrogen) atoms. The molecule has 84 valence electrons. The van der Waals surface area contributed by atoms with E-state index >= 15 is 0 Å². The first-order valence-corrected chi connectivity index (χ1v) is 5.69. The second-order valence-electron chi connectivity index (χ2n) is 5.05. The molecule has 0 aliphatic heterocycles. The fraction of sp³-hybridized carbons (Fsp3) is 0.571. The van der Waals surface area contributed by atoms with Crippen molar-refractivity contribution in [2.24, 2.45) is 5.41 Å². The molecule has 1 rings (SSSR count). The third-order valence-corrected chi connectivity index (χ3v) is 3.32. The Morgan fingerprint density at radius 2 is 2.00 bits per heavy atom. The van der Waals surface area contributed by atoms with Gasteiger partial charge in [-0.15, -0.1) is 0 Å². The summed E-state index contributed by atoms with van der Waals surface area (Å²) in [6, 6.07) is 8.37. The SMILES string of the molecule is CCC(C)(C)C(O)Cc1cccc(C)c1. The highest BCUT2D eigenvalue weighted by Crippen LogP contribution is 2.27. The lowest BCUT2D eigenvalue weighted by molar-refractivity contribution is 0.0479. The van der Waals surface area contributed by atoms with Crippen LogP contribution in [0.25, 0.3) is 0 Å². The maximum absolute atomic E-state index is 10.1. The van der Waals surface area contributed by atoms with Crippen molar-refractivity contribution in [1.29, 1.82) is 0 Å². The number of hydrogen-bond donors (Lipinski definition) is 1. The molecule has 0 saturated carbocycles. The Labute approximate surface area is 93.1 Å². The molecule has 0 spiro atoms. The molecular weight excluding hydrogens is 184 g/mol.